The summed E-state index contributed by atoms with van der Waals surface area (Å²) in [5.41, 5.74) is 2.69. The maximum absolute atomic E-state index is 11.6. The third kappa shape index (κ3) is 2.75. The first-order chi connectivity index (χ1) is 8.11. The maximum Gasteiger partial charge on any atom is 0.222 e. The number of aldehydes is 1. The summed E-state index contributed by atoms with van der Waals surface area (Å²) in [7, 11) is 0. The summed E-state index contributed by atoms with van der Waals surface area (Å²) in [6.45, 7) is 4.51. The van der Waals surface area contributed by atoms with E-state index in [0.717, 1.165) is 30.5 Å². The fraction of sp³-hybridized carbons (Fsp3) is 0.538. The molecule has 1 saturated carbocycles. The summed E-state index contributed by atoms with van der Waals surface area (Å²) in [6, 6.07) is 2.28. The van der Waals surface area contributed by atoms with E-state index in [1.807, 2.05) is 24.5 Å². The lowest BCUT2D eigenvalue weighted by Gasteiger charge is -2.09. The average Bonchev–Trinajstić information content (AvgIpc) is 3.04. The fourth-order valence-electron chi connectivity index (χ4n) is 2.03. The standard InChI is InChI=1S/C13H18N2O2/c1-9-7-11(8-16)10(2)15(9)6-5-13(17)14-12-3-4-12/h7-8,12H,3-6H2,1-2H3,(H,14,17). The zero-order chi connectivity index (χ0) is 12.4. The Morgan fingerprint density at radius 3 is 2.76 bits per heavy atom. The van der Waals surface area contributed by atoms with Crippen LogP contribution in [0.3, 0.4) is 0 Å². The lowest BCUT2D eigenvalue weighted by atomic mass is 10.3. The van der Waals surface area contributed by atoms with Crippen LogP contribution in [0.5, 0.6) is 0 Å². The zero-order valence-electron chi connectivity index (χ0n) is 10.3. The van der Waals surface area contributed by atoms with Crippen LogP contribution >= 0.6 is 0 Å². The minimum Gasteiger partial charge on any atom is -0.353 e. The van der Waals surface area contributed by atoms with Gasteiger partial charge in [-0.3, -0.25) is 9.59 Å². The molecule has 1 fully saturated rings. The van der Waals surface area contributed by atoms with Crippen LogP contribution in [-0.4, -0.2) is 22.8 Å². The summed E-state index contributed by atoms with van der Waals surface area (Å²) in [5.74, 6) is 0.104. The molecule has 0 bridgehead atoms. The van der Waals surface area contributed by atoms with Crippen LogP contribution in [0.4, 0.5) is 0 Å². The Labute approximate surface area is 101 Å². The van der Waals surface area contributed by atoms with Gasteiger partial charge in [0.05, 0.1) is 0 Å². The van der Waals surface area contributed by atoms with Crippen LogP contribution < -0.4 is 5.32 Å². The van der Waals surface area contributed by atoms with E-state index in [4.69, 9.17) is 0 Å². The number of carbonyl (C=O) groups excluding carboxylic acids is 2. The van der Waals surface area contributed by atoms with E-state index in [1.54, 1.807) is 0 Å². The van der Waals surface area contributed by atoms with E-state index in [1.165, 1.54) is 0 Å². The van der Waals surface area contributed by atoms with Crippen molar-refractivity contribution in [3.63, 3.8) is 0 Å². The van der Waals surface area contributed by atoms with E-state index in [-0.39, 0.29) is 5.91 Å². The molecule has 92 valence electrons. The van der Waals surface area contributed by atoms with Crippen LogP contribution in [0.1, 0.15) is 41.0 Å². The van der Waals surface area contributed by atoms with Crippen LogP contribution in [0.25, 0.3) is 0 Å². The van der Waals surface area contributed by atoms with Crippen molar-refractivity contribution in [2.75, 3.05) is 0 Å². The number of rotatable bonds is 5. The monoisotopic (exact) mass is 234 g/mol. The molecule has 17 heavy (non-hydrogen) atoms. The Kier molecular flexibility index (Phi) is 3.31. The van der Waals surface area contributed by atoms with Gasteiger partial charge in [0.1, 0.15) is 0 Å². The molecule has 1 aromatic rings. The predicted molar refractivity (Wildman–Crippen MR) is 65.1 cm³/mol. The Hall–Kier alpha value is -1.58. The minimum atomic E-state index is 0.104. The van der Waals surface area contributed by atoms with Crippen LogP contribution in [0.15, 0.2) is 6.07 Å². The molecule has 0 saturated heterocycles. The SMILES string of the molecule is Cc1cc(C=O)c(C)n1CCC(=O)NC1CC1. The maximum atomic E-state index is 11.6. The fourth-order valence-corrected chi connectivity index (χ4v) is 2.03. The van der Waals surface area contributed by atoms with Crippen molar-refractivity contribution in [1.82, 2.24) is 9.88 Å². The summed E-state index contributed by atoms with van der Waals surface area (Å²) >= 11 is 0. The van der Waals surface area contributed by atoms with Gasteiger partial charge in [-0.25, -0.2) is 0 Å². The van der Waals surface area contributed by atoms with Gasteiger partial charge in [-0.1, -0.05) is 0 Å². The number of aromatic nitrogens is 1. The number of nitrogens with zero attached hydrogens (tertiary/aromatic N) is 1. The number of carbonyl (C=O) groups is 2. The van der Waals surface area contributed by atoms with Crippen molar-refractivity contribution >= 4 is 12.2 Å². The normalized spacial score (nSPS) is 14.7. The van der Waals surface area contributed by atoms with Gasteiger partial charge < -0.3 is 9.88 Å². The number of hydrogen-bond acceptors (Lipinski definition) is 2. The number of nitrogens with one attached hydrogen (secondary N) is 1. The molecule has 0 unspecified atom stereocenters. The molecule has 0 aromatic carbocycles. The quantitative estimate of drug-likeness (QED) is 0.786. The third-order valence-corrected chi connectivity index (χ3v) is 3.24. The van der Waals surface area contributed by atoms with Crippen molar-refractivity contribution in [1.29, 1.82) is 0 Å². The highest BCUT2D eigenvalue weighted by atomic mass is 16.1. The smallest absolute Gasteiger partial charge is 0.222 e. The van der Waals surface area contributed by atoms with Gasteiger partial charge in [-0.15, -0.1) is 0 Å². The highest BCUT2D eigenvalue weighted by Crippen LogP contribution is 2.19. The second-order valence-electron chi connectivity index (χ2n) is 4.69. The van der Waals surface area contributed by atoms with E-state index < -0.39 is 0 Å². The molecule has 2 rings (SSSR count). The van der Waals surface area contributed by atoms with Gasteiger partial charge in [-0.2, -0.15) is 0 Å². The first-order valence-electron chi connectivity index (χ1n) is 6.03. The lowest BCUT2D eigenvalue weighted by molar-refractivity contribution is -0.121. The molecule has 4 nitrogen and oxygen atoms in total. The highest BCUT2D eigenvalue weighted by molar-refractivity contribution is 5.78. The molecule has 0 atom stereocenters. The Morgan fingerprint density at radius 2 is 2.24 bits per heavy atom. The Morgan fingerprint density at radius 1 is 1.53 bits per heavy atom. The average molecular weight is 234 g/mol. The summed E-state index contributed by atoms with van der Waals surface area (Å²) in [4.78, 5) is 22.4. The van der Waals surface area contributed by atoms with Crippen molar-refractivity contribution in [2.24, 2.45) is 0 Å². The van der Waals surface area contributed by atoms with E-state index in [2.05, 4.69) is 5.32 Å². The molecule has 0 radical (unpaired) electrons. The summed E-state index contributed by atoms with van der Waals surface area (Å²) in [6.07, 6.45) is 3.57. The number of hydrogen-bond donors (Lipinski definition) is 1. The molecule has 0 spiro atoms. The molecule has 0 aliphatic heterocycles. The molecular formula is C13H18N2O2. The number of amides is 1. The Bertz CT molecular complexity index is 445. The summed E-state index contributed by atoms with van der Waals surface area (Å²) in [5, 5.41) is 2.96. The molecule has 1 N–H and O–H groups in total. The van der Waals surface area contributed by atoms with E-state index >= 15 is 0 Å². The van der Waals surface area contributed by atoms with Crippen LogP contribution in [-0.2, 0) is 11.3 Å². The van der Waals surface area contributed by atoms with Crippen LogP contribution in [0, 0.1) is 13.8 Å². The van der Waals surface area contributed by atoms with E-state index in [0.29, 0.717) is 24.6 Å². The summed E-state index contributed by atoms with van der Waals surface area (Å²) < 4.78 is 2.02. The van der Waals surface area contributed by atoms with Gasteiger partial charge in [0.15, 0.2) is 6.29 Å². The second kappa shape index (κ2) is 4.73. The molecule has 1 heterocycles. The molecule has 4 heteroatoms. The molecule has 1 aliphatic rings. The van der Waals surface area contributed by atoms with E-state index in [9.17, 15) is 9.59 Å². The molecular weight excluding hydrogens is 216 g/mol. The highest BCUT2D eigenvalue weighted by Gasteiger charge is 2.23. The van der Waals surface area contributed by atoms with Crippen molar-refractivity contribution in [3.8, 4) is 0 Å². The predicted octanol–water partition coefficient (Wildman–Crippen LogP) is 1.59. The van der Waals surface area contributed by atoms with Gasteiger partial charge in [-0.05, 0) is 32.8 Å². The first-order valence-corrected chi connectivity index (χ1v) is 6.03. The minimum absolute atomic E-state index is 0.104. The number of aryl methyl sites for hydroxylation is 1. The van der Waals surface area contributed by atoms with Crippen molar-refractivity contribution in [3.05, 3.63) is 23.0 Å². The van der Waals surface area contributed by atoms with Crippen molar-refractivity contribution in [2.45, 2.75) is 45.7 Å². The van der Waals surface area contributed by atoms with Gasteiger partial charge >= 0.3 is 0 Å². The van der Waals surface area contributed by atoms with Crippen molar-refractivity contribution < 1.29 is 9.59 Å². The second-order valence-corrected chi connectivity index (χ2v) is 4.69. The van der Waals surface area contributed by atoms with Gasteiger partial charge in [0.25, 0.3) is 0 Å². The van der Waals surface area contributed by atoms with Gasteiger partial charge in [0, 0.05) is 36.0 Å². The Balaban J connectivity index is 1.95. The molecule has 1 aliphatic carbocycles. The topological polar surface area (TPSA) is 51.1 Å². The van der Waals surface area contributed by atoms with Crippen LogP contribution in [0.2, 0.25) is 0 Å². The largest absolute Gasteiger partial charge is 0.353 e. The zero-order valence-corrected chi connectivity index (χ0v) is 10.3. The molecule has 1 amide bonds. The third-order valence-electron chi connectivity index (χ3n) is 3.24. The first kappa shape index (κ1) is 11.9. The van der Waals surface area contributed by atoms with Gasteiger partial charge in [0.2, 0.25) is 5.91 Å². The molecule has 1 aromatic heterocycles. The lowest BCUT2D eigenvalue weighted by Crippen LogP contribution is -2.26.